The molecule has 0 amide bonds. The highest BCUT2D eigenvalue weighted by Gasteiger charge is 2.00. The molecule has 0 saturated heterocycles. The summed E-state index contributed by atoms with van der Waals surface area (Å²) in [5, 5.41) is 12.6. The van der Waals surface area contributed by atoms with E-state index in [4.69, 9.17) is 5.11 Å². The Hall–Kier alpha value is -2.10. The lowest BCUT2D eigenvalue weighted by molar-refractivity contribution is 0.0697. The number of benzene rings is 1. The second kappa shape index (κ2) is 5.59. The summed E-state index contributed by atoms with van der Waals surface area (Å²) in [6.07, 6.45) is 5.27. The van der Waals surface area contributed by atoms with E-state index in [0.717, 1.165) is 5.69 Å². The first-order valence-corrected chi connectivity index (χ1v) is 4.47. The molecule has 0 unspecified atom stereocenters. The SMILES string of the molecule is C/C=C\C=N/Nc1ccc(C(=O)O)cc1. The van der Waals surface area contributed by atoms with E-state index >= 15 is 0 Å². The maximum atomic E-state index is 10.6. The summed E-state index contributed by atoms with van der Waals surface area (Å²) in [7, 11) is 0. The van der Waals surface area contributed by atoms with Crippen molar-refractivity contribution in [3.05, 3.63) is 42.0 Å². The van der Waals surface area contributed by atoms with Crippen molar-refractivity contribution in [2.24, 2.45) is 5.10 Å². The number of rotatable bonds is 4. The van der Waals surface area contributed by atoms with Gasteiger partial charge in [0.25, 0.3) is 0 Å². The van der Waals surface area contributed by atoms with Crippen molar-refractivity contribution in [3.8, 4) is 0 Å². The monoisotopic (exact) mass is 204 g/mol. The Labute approximate surface area is 87.9 Å². The third-order valence-electron chi connectivity index (χ3n) is 1.68. The van der Waals surface area contributed by atoms with Crippen molar-refractivity contribution in [2.75, 3.05) is 5.43 Å². The number of aromatic carboxylic acids is 1. The Morgan fingerprint density at radius 3 is 2.60 bits per heavy atom. The molecule has 0 spiro atoms. The lowest BCUT2D eigenvalue weighted by Gasteiger charge is -1.99. The summed E-state index contributed by atoms with van der Waals surface area (Å²) in [4.78, 5) is 10.6. The highest BCUT2D eigenvalue weighted by atomic mass is 16.4. The fourth-order valence-corrected chi connectivity index (χ4v) is 0.928. The third-order valence-corrected chi connectivity index (χ3v) is 1.68. The molecule has 0 aliphatic carbocycles. The highest BCUT2D eigenvalue weighted by Crippen LogP contribution is 2.08. The van der Waals surface area contributed by atoms with Crippen LogP contribution in [0, 0.1) is 0 Å². The average Bonchev–Trinajstić information content (AvgIpc) is 2.25. The number of anilines is 1. The van der Waals surface area contributed by atoms with Gasteiger partial charge in [-0.05, 0) is 37.3 Å². The number of allylic oxidation sites excluding steroid dienone is 2. The van der Waals surface area contributed by atoms with Gasteiger partial charge in [-0.3, -0.25) is 5.43 Å². The lowest BCUT2D eigenvalue weighted by Crippen LogP contribution is -1.96. The Kier molecular flexibility index (Phi) is 4.09. The van der Waals surface area contributed by atoms with Crippen LogP contribution in [0.25, 0.3) is 0 Å². The Morgan fingerprint density at radius 1 is 1.40 bits per heavy atom. The molecule has 15 heavy (non-hydrogen) atoms. The van der Waals surface area contributed by atoms with Gasteiger partial charge in [0.05, 0.1) is 11.3 Å². The van der Waals surface area contributed by atoms with Gasteiger partial charge >= 0.3 is 5.97 Å². The van der Waals surface area contributed by atoms with Gasteiger partial charge in [0, 0.05) is 6.21 Å². The summed E-state index contributed by atoms with van der Waals surface area (Å²) in [5.74, 6) is -0.932. The maximum absolute atomic E-state index is 10.6. The molecule has 0 aromatic heterocycles. The van der Waals surface area contributed by atoms with Crippen LogP contribution in [0.5, 0.6) is 0 Å². The van der Waals surface area contributed by atoms with Crippen LogP contribution in [0.3, 0.4) is 0 Å². The Bertz CT molecular complexity index is 380. The average molecular weight is 204 g/mol. The van der Waals surface area contributed by atoms with Crippen molar-refractivity contribution in [1.82, 2.24) is 0 Å². The van der Waals surface area contributed by atoms with Gasteiger partial charge < -0.3 is 5.11 Å². The fraction of sp³-hybridized carbons (Fsp3) is 0.0909. The largest absolute Gasteiger partial charge is 0.478 e. The number of hydrogen-bond acceptors (Lipinski definition) is 3. The maximum Gasteiger partial charge on any atom is 0.335 e. The molecule has 0 saturated carbocycles. The van der Waals surface area contributed by atoms with E-state index in [1.807, 2.05) is 13.0 Å². The first kappa shape index (κ1) is 11.0. The van der Waals surface area contributed by atoms with Crippen molar-refractivity contribution >= 4 is 17.9 Å². The Morgan fingerprint density at radius 2 is 2.07 bits per heavy atom. The molecule has 1 aromatic carbocycles. The van der Waals surface area contributed by atoms with Crippen LogP contribution < -0.4 is 5.43 Å². The molecule has 0 radical (unpaired) electrons. The molecule has 2 N–H and O–H groups in total. The van der Waals surface area contributed by atoms with Crippen LogP contribution in [0.2, 0.25) is 0 Å². The van der Waals surface area contributed by atoms with E-state index < -0.39 is 5.97 Å². The van der Waals surface area contributed by atoms with Crippen molar-refractivity contribution < 1.29 is 9.90 Å². The first-order valence-electron chi connectivity index (χ1n) is 4.47. The summed E-state index contributed by atoms with van der Waals surface area (Å²) >= 11 is 0. The van der Waals surface area contributed by atoms with Crippen LogP contribution in [0.1, 0.15) is 17.3 Å². The summed E-state index contributed by atoms with van der Waals surface area (Å²) in [6.45, 7) is 1.90. The molecule has 0 aliphatic heterocycles. The van der Waals surface area contributed by atoms with E-state index in [2.05, 4.69) is 10.5 Å². The quantitative estimate of drug-likeness (QED) is 0.584. The number of carboxylic acids is 1. The van der Waals surface area contributed by atoms with Gasteiger partial charge in [0.2, 0.25) is 0 Å². The number of carbonyl (C=O) groups is 1. The summed E-state index contributed by atoms with van der Waals surface area (Å²) in [5.41, 5.74) is 3.78. The van der Waals surface area contributed by atoms with Crippen LogP contribution in [0.15, 0.2) is 41.5 Å². The highest BCUT2D eigenvalue weighted by molar-refractivity contribution is 5.88. The smallest absolute Gasteiger partial charge is 0.335 e. The normalized spacial score (nSPS) is 11.0. The molecule has 1 rings (SSSR count). The van der Waals surface area contributed by atoms with Crippen molar-refractivity contribution in [1.29, 1.82) is 0 Å². The number of carboxylic acid groups (broad SMARTS) is 1. The van der Waals surface area contributed by atoms with E-state index in [9.17, 15) is 4.79 Å². The molecular formula is C11H12N2O2. The zero-order chi connectivity index (χ0) is 11.1. The minimum Gasteiger partial charge on any atom is -0.478 e. The van der Waals surface area contributed by atoms with Gasteiger partial charge in [-0.25, -0.2) is 4.79 Å². The van der Waals surface area contributed by atoms with E-state index in [-0.39, 0.29) is 5.56 Å². The molecule has 1 aromatic rings. The van der Waals surface area contributed by atoms with E-state index in [1.165, 1.54) is 12.1 Å². The van der Waals surface area contributed by atoms with E-state index in [0.29, 0.717) is 0 Å². The number of nitrogens with one attached hydrogen (secondary N) is 1. The van der Waals surface area contributed by atoms with Gasteiger partial charge in [-0.1, -0.05) is 6.08 Å². The molecule has 4 nitrogen and oxygen atoms in total. The van der Waals surface area contributed by atoms with E-state index in [1.54, 1.807) is 24.4 Å². The van der Waals surface area contributed by atoms with Crippen LogP contribution in [-0.2, 0) is 0 Å². The molecule has 0 bridgehead atoms. The number of hydrogen-bond donors (Lipinski definition) is 2. The first-order chi connectivity index (χ1) is 7.24. The predicted molar refractivity (Wildman–Crippen MR) is 60.3 cm³/mol. The van der Waals surface area contributed by atoms with Crippen LogP contribution in [0.4, 0.5) is 5.69 Å². The van der Waals surface area contributed by atoms with Gasteiger partial charge in [0.1, 0.15) is 0 Å². The second-order valence-electron chi connectivity index (χ2n) is 2.80. The third kappa shape index (κ3) is 3.64. The lowest BCUT2D eigenvalue weighted by atomic mass is 10.2. The zero-order valence-electron chi connectivity index (χ0n) is 8.34. The molecule has 78 valence electrons. The minimum atomic E-state index is -0.932. The molecule has 0 aliphatic rings. The predicted octanol–water partition coefficient (Wildman–Crippen LogP) is 2.36. The van der Waals surface area contributed by atoms with Gasteiger partial charge in [0.15, 0.2) is 0 Å². The summed E-state index contributed by atoms with van der Waals surface area (Å²) in [6, 6.07) is 6.37. The second-order valence-corrected chi connectivity index (χ2v) is 2.80. The molecular weight excluding hydrogens is 192 g/mol. The summed E-state index contributed by atoms with van der Waals surface area (Å²) < 4.78 is 0. The van der Waals surface area contributed by atoms with Crippen molar-refractivity contribution in [2.45, 2.75) is 6.92 Å². The number of nitrogens with zero attached hydrogens (tertiary/aromatic N) is 1. The number of hydrazone groups is 1. The van der Waals surface area contributed by atoms with Crippen molar-refractivity contribution in [3.63, 3.8) is 0 Å². The van der Waals surface area contributed by atoms with Gasteiger partial charge in [-0.2, -0.15) is 5.10 Å². The zero-order valence-corrected chi connectivity index (χ0v) is 8.34. The standard InChI is InChI=1S/C11H12N2O2/c1-2-3-8-12-13-10-6-4-9(5-7-10)11(14)15/h2-8,13H,1H3,(H,14,15)/b3-2-,12-8-. The molecule has 4 heteroatoms. The topological polar surface area (TPSA) is 61.7 Å². The molecule has 0 fully saturated rings. The fourth-order valence-electron chi connectivity index (χ4n) is 0.928. The molecule has 0 heterocycles. The minimum absolute atomic E-state index is 0.262. The van der Waals surface area contributed by atoms with Crippen LogP contribution in [-0.4, -0.2) is 17.3 Å². The van der Waals surface area contributed by atoms with Crippen LogP contribution >= 0.6 is 0 Å². The Balaban J connectivity index is 2.61. The molecule has 0 atom stereocenters. The van der Waals surface area contributed by atoms with Gasteiger partial charge in [-0.15, -0.1) is 0 Å².